The summed E-state index contributed by atoms with van der Waals surface area (Å²) in [6.07, 6.45) is 0.0881. The monoisotopic (exact) mass is 492 g/mol. The van der Waals surface area contributed by atoms with Crippen molar-refractivity contribution in [3.8, 4) is 11.3 Å². The molecule has 0 saturated heterocycles. The van der Waals surface area contributed by atoms with Crippen LogP contribution in [0, 0.1) is 13.8 Å². The summed E-state index contributed by atoms with van der Waals surface area (Å²) in [4.78, 5) is 30.4. The highest BCUT2D eigenvalue weighted by Gasteiger charge is 2.16. The summed E-state index contributed by atoms with van der Waals surface area (Å²) in [5, 5.41) is 15.1. The zero-order chi connectivity index (χ0) is 24.1. The van der Waals surface area contributed by atoms with Crippen molar-refractivity contribution in [2.45, 2.75) is 25.4 Å². The van der Waals surface area contributed by atoms with Crippen LogP contribution in [0.15, 0.2) is 59.8 Å². The van der Waals surface area contributed by atoms with Crippen molar-refractivity contribution in [2.24, 2.45) is 7.05 Å². The average Bonchev–Trinajstić information content (AvgIpc) is 3.36. The molecule has 0 unspecified atom stereocenters. The molecule has 34 heavy (non-hydrogen) atoms. The summed E-state index contributed by atoms with van der Waals surface area (Å²) < 4.78 is 1.73. The Morgan fingerprint density at radius 3 is 2.44 bits per heavy atom. The topological polar surface area (TPSA) is 102 Å². The highest BCUT2D eigenvalue weighted by Crippen LogP contribution is 2.30. The quantitative estimate of drug-likeness (QED) is 0.352. The number of carbonyl (C=O) groups is 2. The number of nitrogens with zero attached hydrogens (tertiary/aromatic N) is 4. The fraction of sp³-hybridized carbons (Fsp3) is 0.208. The molecule has 0 saturated carbocycles. The average molecular weight is 493 g/mol. The van der Waals surface area contributed by atoms with Gasteiger partial charge in [0.05, 0.1) is 17.9 Å². The van der Waals surface area contributed by atoms with Crippen molar-refractivity contribution in [1.29, 1.82) is 0 Å². The first-order chi connectivity index (χ1) is 16.4. The predicted molar refractivity (Wildman–Crippen MR) is 136 cm³/mol. The van der Waals surface area contributed by atoms with Gasteiger partial charge in [0.15, 0.2) is 10.3 Å². The largest absolute Gasteiger partial charge is 0.326 e. The zero-order valence-corrected chi connectivity index (χ0v) is 20.7. The number of nitrogens with one attached hydrogen (secondary N) is 2. The van der Waals surface area contributed by atoms with E-state index >= 15 is 0 Å². The first-order valence-corrected chi connectivity index (χ1v) is 12.4. The number of carbonyl (C=O) groups excluding carboxylic acids is 2. The van der Waals surface area contributed by atoms with Crippen LogP contribution in [0.3, 0.4) is 0 Å². The van der Waals surface area contributed by atoms with E-state index in [1.54, 1.807) is 11.6 Å². The number of thioether (sulfide) groups is 1. The molecule has 2 amide bonds. The number of amides is 2. The van der Waals surface area contributed by atoms with Crippen LogP contribution < -0.4 is 10.6 Å². The summed E-state index contributed by atoms with van der Waals surface area (Å²) in [6.45, 7) is 3.98. The lowest BCUT2D eigenvalue weighted by molar-refractivity contribution is -0.116. The molecule has 0 atom stereocenters. The summed E-state index contributed by atoms with van der Waals surface area (Å²) in [7, 11) is 1.78. The number of aromatic nitrogens is 4. The van der Waals surface area contributed by atoms with Crippen LogP contribution in [0.4, 0.5) is 10.8 Å². The molecule has 4 aromatic rings. The third kappa shape index (κ3) is 5.89. The van der Waals surface area contributed by atoms with Crippen LogP contribution in [0.1, 0.15) is 16.3 Å². The Morgan fingerprint density at radius 1 is 0.971 bits per heavy atom. The van der Waals surface area contributed by atoms with Crippen LogP contribution in [0.25, 0.3) is 11.3 Å². The van der Waals surface area contributed by atoms with Crippen LogP contribution in [0.2, 0.25) is 0 Å². The molecule has 2 aromatic heterocycles. The molecule has 0 radical (unpaired) electrons. The highest BCUT2D eigenvalue weighted by atomic mass is 32.2. The summed E-state index contributed by atoms with van der Waals surface area (Å²) in [5.41, 5.74) is 3.75. The molecular weight excluding hydrogens is 468 g/mol. The Labute approximate surface area is 205 Å². The van der Waals surface area contributed by atoms with Gasteiger partial charge in [-0.15, -0.1) is 21.5 Å². The number of rotatable bonds is 8. The first kappa shape index (κ1) is 23.7. The lowest BCUT2D eigenvalue weighted by Crippen LogP contribution is -2.17. The summed E-state index contributed by atoms with van der Waals surface area (Å²) >= 11 is 2.70. The van der Waals surface area contributed by atoms with E-state index in [-0.39, 0.29) is 24.0 Å². The standard InChI is InChI=1S/C24H24N6O2S2/c1-15-9-11-18(12-10-15)25-20(31)13-19-28-29-24(30(19)3)33-14-21(32)26-23-27-22(16(2)34-23)17-7-5-4-6-8-17/h4-12H,13-14H2,1-3H3,(H,25,31)(H,26,27,32). The molecular formula is C24H24N6O2S2. The molecule has 174 valence electrons. The summed E-state index contributed by atoms with van der Waals surface area (Å²) in [6, 6.07) is 17.5. The Kier molecular flexibility index (Phi) is 7.39. The molecule has 0 spiro atoms. The fourth-order valence-corrected chi connectivity index (χ4v) is 4.79. The summed E-state index contributed by atoms with van der Waals surface area (Å²) in [5.74, 6) is 0.318. The van der Waals surface area contributed by atoms with Gasteiger partial charge >= 0.3 is 0 Å². The van der Waals surface area contributed by atoms with E-state index in [1.165, 1.54) is 23.1 Å². The fourth-order valence-electron chi connectivity index (χ4n) is 3.21. The minimum atomic E-state index is -0.181. The molecule has 8 nitrogen and oxygen atoms in total. The van der Waals surface area contributed by atoms with E-state index in [0.717, 1.165) is 27.4 Å². The Hall–Kier alpha value is -3.50. The second-order valence-electron chi connectivity index (χ2n) is 7.68. The maximum atomic E-state index is 12.5. The van der Waals surface area contributed by atoms with Gasteiger partial charge in [0.25, 0.3) is 0 Å². The van der Waals surface area contributed by atoms with Crippen molar-refractivity contribution >= 4 is 45.7 Å². The molecule has 0 aliphatic rings. The maximum absolute atomic E-state index is 12.5. The molecule has 2 heterocycles. The smallest absolute Gasteiger partial charge is 0.236 e. The first-order valence-electron chi connectivity index (χ1n) is 10.6. The lowest BCUT2D eigenvalue weighted by Gasteiger charge is -2.06. The lowest BCUT2D eigenvalue weighted by atomic mass is 10.1. The van der Waals surface area contributed by atoms with Gasteiger partial charge in [-0.25, -0.2) is 4.98 Å². The third-order valence-electron chi connectivity index (χ3n) is 5.00. The van der Waals surface area contributed by atoms with Crippen LogP contribution >= 0.6 is 23.1 Å². The second kappa shape index (κ2) is 10.6. The second-order valence-corrected chi connectivity index (χ2v) is 9.82. The van der Waals surface area contributed by atoms with Crippen LogP contribution in [-0.4, -0.2) is 37.3 Å². The van der Waals surface area contributed by atoms with E-state index in [0.29, 0.717) is 16.1 Å². The van der Waals surface area contributed by atoms with E-state index in [1.807, 2.05) is 68.4 Å². The van der Waals surface area contributed by atoms with Crippen molar-refractivity contribution in [3.05, 3.63) is 70.9 Å². The third-order valence-corrected chi connectivity index (χ3v) is 6.91. The highest BCUT2D eigenvalue weighted by molar-refractivity contribution is 7.99. The van der Waals surface area contributed by atoms with Gasteiger partial charge in [-0.1, -0.05) is 59.8 Å². The van der Waals surface area contributed by atoms with Gasteiger partial charge in [0.2, 0.25) is 11.8 Å². The SMILES string of the molecule is Cc1ccc(NC(=O)Cc2nnc(SCC(=O)Nc3nc(-c4ccccc4)c(C)s3)n2C)cc1. The normalized spacial score (nSPS) is 10.8. The van der Waals surface area contributed by atoms with Gasteiger partial charge in [-0.05, 0) is 26.0 Å². The molecule has 2 aromatic carbocycles. The van der Waals surface area contributed by atoms with E-state index in [4.69, 9.17) is 0 Å². The predicted octanol–water partition coefficient (Wildman–Crippen LogP) is 4.47. The minimum Gasteiger partial charge on any atom is -0.326 e. The molecule has 2 N–H and O–H groups in total. The van der Waals surface area contributed by atoms with Gasteiger partial charge in [0.1, 0.15) is 5.82 Å². The van der Waals surface area contributed by atoms with Gasteiger partial charge in [-0.3, -0.25) is 9.59 Å². The number of anilines is 2. The van der Waals surface area contributed by atoms with E-state index in [9.17, 15) is 9.59 Å². The van der Waals surface area contributed by atoms with Gasteiger partial charge < -0.3 is 15.2 Å². The van der Waals surface area contributed by atoms with E-state index < -0.39 is 0 Å². The Bertz CT molecular complexity index is 1300. The van der Waals surface area contributed by atoms with E-state index in [2.05, 4.69) is 25.8 Å². The molecule has 0 aliphatic heterocycles. The van der Waals surface area contributed by atoms with Crippen LogP contribution in [0.5, 0.6) is 0 Å². The van der Waals surface area contributed by atoms with Gasteiger partial charge in [-0.2, -0.15) is 0 Å². The van der Waals surface area contributed by atoms with Crippen molar-refractivity contribution in [3.63, 3.8) is 0 Å². The Balaban J connectivity index is 1.31. The molecule has 0 fully saturated rings. The minimum absolute atomic E-state index is 0.0881. The number of benzene rings is 2. The molecule has 10 heteroatoms. The van der Waals surface area contributed by atoms with Crippen molar-refractivity contribution in [2.75, 3.05) is 16.4 Å². The van der Waals surface area contributed by atoms with Crippen molar-refractivity contribution < 1.29 is 9.59 Å². The molecule has 0 aliphatic carbocycles. The molecule has 4 rings (SSSR count). The molecule has 0 bridgehead atoms. The number of aryl methyl sites for hydroxylation is 2. The van der Waals surface area contributed by atoms with Gasteiger partial charge in [0, 0.05) is 23.2 Å². The Morgan fingerprint density at radius 2 is 1.71 bits per heavy atom. The maximum Gasteiger partial charge on any atom is 0.236 e. The van der Waals surface area contributed by atoms with Crippen LogP contribution in [-0.2, 0) is 23.1 Å². The van der Waals surface area contributed by atoms with Crippen molar-refractivity contribution in [1.82, 2.24) is 19.7 Å². The zero-order valence-electron chi connectivity index (χ0n) is 19.0. The number of hydrogen-bond donors (Lipinski definition) is 2. The number of thiazole rings is 1. The number of hydrogen-bond acceptors (Lipinski definition) is 7.